The summed E-state index contributed by atoms with van der Waals surface area (Å²) in [6.45, 7) is 5.60. The number of hydrogen-bond donors (Lipinski definition) is 1. The van der Waals surface area contributed by atoms with Crippen LogP contribution in [0.4, 0.5) is 5.69 Å². The molecule has 0 aliphatic carbocycles. The molecule has 0 bridgehead atoms. The number of imide groups is 1. The second-order valence-corrected chi connectivity index (χ2v) is 8.46. The van der Waals surface area contributed by atoms with E-state index < -0.39 is 29.7 Å². The van der Waals surface area contributed by atoms with Crippen molar-refractivity contribution in [1.82, 2.24) is 5.32 Å². The molecule has 1 aliphatic heterocycles. The van der Waals surface area contributed by atoms with Crippen LogP contribution in [0.2, 0.25) is 0 Å². The van der Waals surface area contributed by atoms with E-state index in [4.69, 9.17) is 4.74 Å². The number of esters is 1. The van der Waals surface area contributed by atoms with Gasteiger partial charge in [0.1, 0.15) is 6.04 Å². The maximum atomic E-state index is 13.2. The molecule has 4 rings (SSSR count). The minimum atomic E-state index is -0.901. The Morgan fingerprint density at radius 1 is 0.914 bits per heavy atom. The van der Waals surface area contributed by atoms with Gasteiger partial charge in [-0.2, -0.15) is 0 Å². The van der Waals surface area contributed by atoms with Gasteiger partial charge in [-0.25, -0.2) is 9.69 Å². The van der Waals surface area contributed by atoms with Crippen molar-refractivity contribution >= 4 is 29.4 Å². The Bertz CT molecular complexity index is 1320. The number of carbonyl (C=O) groups excluding carboxylic acids is 4. The summed E-state index contributed by atoms with van der Waals surface area (Å²) in [4.78, 5) is 53.0. The predicted molar refractivity (Wildman–Crippen MR) is 132 cm³/mol. The lowest BCUT2D eigenvalue weighted by Gasteiger charge is -2.18. The van der Waals surface area contributed by atoms with Gasteiger partial charge in [-0.1, -0.05) is 42.5 Å². The molecule has 0 fully saturated rings. The molecule has 0 spiro atoms. The first kappa shape index (κ1) is 23.9. The Hall–Kier alpha value is -4.26. The Morgan fingerprint density at radius 3 is 2.34 bits per heavy atom. The molecule has 0 radical (unpaired) electrons. The third-order valence-corrected chi connectivity index (χ3v) is 5.91. The molecule has 1 N–H and O–H groups in total. The van der Waals surface area contributed by atoms with E-state index >= 15 is 0 Å². The number of nitrogens with zero attached hydrogens (tertiary/aromatic N) is 1. The topological polar surface area (TPSA) is 92.8 Å². The molecule has 3 aromatic rings. The van der Waals surface area contributed by atoms with Crippen LogP contribution in [0.3, 0.4) is 0 Å². The summed E-state index contributed by atoms with van der Waals surface area (Å²) in [6.07, 6.45) is 0.258. The first-order chi connectivity index (χ1) is 16.8. The van der Waals surface area contributed by atoms with Crippen LogP contribution in [0.15, 0.2) is 66.7 Å². The fraction of sp³-hybridized carbons (Fsp3) is 0.214. The van der Waals surface area contributed by atoms with E-state index in [1.165, 1.54) is 18.2 Å². The molecule has 1 atom stereocenters. The minimum absolute atomic E-state index is 0.152. The molecule has 1 aliphatic rings. The number of benzene rings is 3. The van der Waals surface area contributed by atoms with Crippen LogP contribution < -0.4 is 10.2 Å². The lowest BCUT2D eigenvalue weighted by molar-refractivity contribution is -0.145. The van der Waals surface area contributed by atoms with Crippen LogP contribution in [0.5, 0.6) is 0 Å². The first-order valence-electron chi connectivity index (χ1n) is 11.4. The number of hydrogen-bond acceptors (Lipinski definition) is 5. The summed E-state index contributed by atoms with van der Waals surface area (Å²) in [6, 6.07) is 18.3. The van der Waals surface area contributed by atoms with Crippen LogP contribution >= 0.6 is 0 Å². The molecule has 7 heteroatoms. The average Bonchev–Trinajstić information content (AvgIpc) is 3.10. The van der Waals surface area contributed by atoms with Gasteiger partial charge in [-0.15, -0.1) is 0 Å². The third-order valence-electron chi connectivity index (χ3n) is 5.91. The van der Waals surface area contributed by atoms with Crippen LogP contribution in [0.25, 0.3) is 0 Å². The maximum absolute atomic E-state index is 13.2. The van der Waals surface area contributed by atoms with Gasteiger partial charge in [-0.3, -0.25) is 14.4 Å². The lowest BCUT2D eigenvalue weighted by Crippen LogP contribution is -2.43. The molecule has 35 heavy (non-hydrogen) atoms. The minimum Gasteiger partial charge on any atom is -0.464 e. The van der Waals surface area contributed by atoms with E-state index in [1.54, 1.807) is 13.0 Å². The van der Waals surface area contributed by atoms with Crippen molar-refractivity contribution in [3.05, 3.63) is 100 Å². The van der Waals surface area contributed by atoms with Crippen molar-refractivity contribution in [2.24, 2.45) is 0 Å². The van der Waals surface area contributed by atoms with Crippen LogP contribution in [0.1, 0.15) is 54.7 Å². The molecular weight excluding hydrogens is 444 g/mol. The van der Waals surface area contributed by atoms with Gasteiger partial charge in [0.2, 0.25) is 0 Å². The average molecular weight is 471 g/mol. The fourth-order valence-electron chi connectivity index (χ4n) is 4.09. The van der Waals surface area contributed by atoms with Gasteiger partial charge in [0.05, 0.1) is 23.4 Å². The molecule has 3 amide bonds. The number of rotatable bonds is 7. The molecule has 7 nitrogen and oxygen atoms in total. The summed E-state index contributed by atoms with van der Waals surface area (Å²) >= 11 is 0. The van der Waals surface area contributed by atoms with Crippen molar-refractivity contribution in [2.75, 3.05) is 11.5 Å². The van der Waals surface area contributed by atoms with Crippen LogP contribution in [0, 0.1) is 13.8 Å². The first-order valence-corrected chi connectivity index (χ1v) is 11.4. The monoisotopic (exact) mass is 470 g/mol. The number of aryl methyl sites for hydroxylation is 2. The highest BCUT2D eigenvalue weighted by atomic mass is 16.5. The summed E-state index contributed by atoms with van der Waals surface area (Å²) in [5.41, 5.74) is 3.66. The Labute approximate surface area is 203 Å². The van der Waals surface area contributed by atoms with Crippen molar-refractivity contribution in [3.63, 3.8) is 0 Å². The zero-order chi connectivity index (χ0) is 25.1. The standard InChI is InChI=1S/C28H26N2O5/c1-4-35-28(34)23(15-19-8-6-5-7-9-19)29-25(31)20-12-13-21-22(16-20)27(33)30(26(21)32)24-14-17(2)10-11-18(24)3/h5-14,16,23H,4,15H2,1-3H3,(H,29,31). The number of amides is 3. The highest BCUT2D eigenvalue weighted by molar-refractivity contribution is 6.35. The fourth-order valence-corrected chi connectivity index (χ4v) is 4.09. The van der Waals surface area contributed by atoms with E-state index in [-0.39, 0.29) is 29.7 Å². The van der Waals surface area contributed by atoms with Crippen LogP contribution in [-0.2, 0) is 16.0 Å². The Morgan fingerprint density at radius 2 is 1.63 bits per heavy atom. The van der Waals surface area contributed by atoms with Crippen LogP contribution in [-0.4, -0.2) is 36.3 Å². The highest BCUT2D eigenvalue weighted by Crippen LogP contribution is 2.31. The van der Waals surface area contributed by atoms with Gasteiger partial charge in [0.25, 0.3) is 17.7 Å². The largest absolute Gasteiger partial charge is 0.464 e. The van der Waals surface area contributed by atoms with Gasteiger partial charge < -0.3 is 10.1 Å². The zero-order valence-electron chi connectivity index (χ0n) is 19.8. The Balaban J connectivity index is 1.59. The summed E-state index contributed by atoms with van der Waals surface area (Å²) < 4.78 is 5.14. The highest BCUT2D eigenvalue weighted by Gasteiger charge is 2.38. The second-order valence-electron chi connectivity index (χ2n) is 8.46. The molecule has 1 heterocycles. The predicted octanol–water partition coefficient (Wildman–Crippen LogP) is 4.01. The van der Waals surface area contributed by atoms with E-state index in [2.05, 4.69) is 5.32 Å². The Kier molecular flexibility index (Phi) is 6.78. The van der Waals surface area contributed by atoms with Crippen molar-refractivity contribution in [2.45, 2.75) is 33.2 Å². The smallest absolute Gasteiger partial charge is 0.328 e. The molecule has 0 saturated heterocycles. The molecule has 0 aromatic heterocycles. The summed E-state index contributed by atoms with van der Waals surface area (Å²) in [5, 5.41) is 2.72. The SMILES string of the molecule is CCOC(=O)C(Cc1ccccc1)NC(=O)c1ccc2c(c1)C(=O)N(c1cc(C)ccc1C)C2=O. The molecular formula is C28H26N2O5. The molecule has 178 valence electrons. The van der Waals surface area contributed by atoms with Gasteiger partial charge >= 0.3 is 5.97 Å². The number of fused-ring (bicyclic) bond motifs is 1. The summed E-state index contributed by atoms with van der Waals surface area (Å²) in [7, 11) is 0. The van der Waals surface area contributed by atoms with Crippen molar-refractivity contribution in [3.8, 4) is 0 Å². The molecule has 1 unspecified atom stereocenters. The number of nitrogens with one attached hydrogen (secondary N) is 1. The summed E-state index contributed by atoms with van der Waals surface area (Å²) in [5.74, 6) is -2.00. The molecule has 0 saturated carbocycles. The van der Waals surface area contributed by atoms with E-state index in [0.29, 0.717) is 5.69 Å². The molecule has 3 aromatic carbocycles. The van der Waals surface area contributed by atoms with Gasteiger partial charge in [0, 0.05) is 12.0 Å². The van der Waals surface area contributed by atoms with Gasteiger partial charge in [-0.05, 0) is 61.7 Å². The number of carbonyl (C=O) groups is 4. The van der Waals surface area contributed by atoms with E-state index in [0.717, 1.165) is 21.6 Å². The quantitative estimate of drug-likeness (QED) is 0.416. The van der Waals surface area contributed by atoms with Crippen molar-refractivity contribution < 1.29 is 23.9 Å². The lowest BCUT2D eigenvalue weighted by atomic mass is 10.0. The van der Waals surface area contributed by atoms with Crippen molar-refractivity contribution in [1.29, 1.82) is 0 Å². The second kappa shape index (κ2) is 9.93. The van der Waals surface area contributed by atoms with E-state index in [9.17, 15) is 19.2 Å². The number of anilines is 1. The van der Waals surface area contributed by atoms with Gasteiger partial charge in [0.15, 0.2) is 0 Å². The van der Waals surface area contributed by atoms with E-state index in [1.807, 2.05) is 56.3 Å². The normalized spacial score (nSPS) is 13.4. The number of ether oxygens (including phenoxy) is 1. The maximum Gasteiger partial charge on any atom is 0.328 e. The zero-order valence-corrected chi connectivity index (χ0v) is 19.8. The third kappa shape index (κ3) is 4.84.